The van der Waals surface area contributed by atoms with Crippen molar-refractivity contribution in [3.63, 3.8) is 0 Å². The summed E-state index contributed by atoms with van der Waals surface area (Å²) in [5.41, 5.74) is 1.02. The van der Waals surface area contributed by atoms with Crippen molar-refractivity contribution in [2.75, 3.05) is 13.1 Å². The van der Waals surface area contributed by atoms with E-state index < -0.39 is 10.0 Å². The number of H-pyrrole nitrogens is 1. The highest BCUT2D eigenvalue weighted by Crippen LogP contribution is 2.18. The van der Waals surface area contributed by atoms with Gasteiger partial charge in [-0.15, -0.1) is 0 Å². The minimum atomic E-state index is -3.19. The van der Waals surface area contributed by atoms with E-state index in [0.717, 1.165) is 18.8 Å². The molecule has 0 saturated carbocycles. The summed E-state index contributed by atoms with van der Waals surface area (Å²) >= 11 is 0. The van der Waals surface area contributed by atoms with Gasteiger partial charge >= 0.3 is 0 Å². The van der Waals surface area contributed by atoms with E-state index in [1.165, 1.54) is 0 Å². The SMILES string of the molecule is CC(C)NS(=O)(=O)C1CCN(Cc2cnc[nH]2)C1. The van der Waals surface area contributed by atoms with Crippen LogP contribution < -0.4 is 4.72 Å². The molecule has 1 aliphatic heterocycles. The zero-order valence-electron chi connectivity index (χ0n) is 10.8. The minimum absolute atomic E-state index is 0.0448. The van der Waals surface area contributed by atoms with Crippen molar-refractivity contribution in [2.24, 2.45) is 0 Å². The second-order valence-corrected chi connectivity index (χ2v) is 7.03. The van der Waals surface area contributed by atoms with Gasteiger partial charge in [0, 0.05) is 31.0 Å². The van der Waals surface area contributed by atoms with Crippen LogP contribution in [0.25, 0.3) is 0 Å². The number of hydrogen-bond acceptors (Lipinski definition) is 4. The van der Waals surface area contributed by atoms with E-state index >= 15 is 0 Å². The van der Waals surface area contributed by atoms with Gasteiger partial charge in [-0.25, -0.2) is 18.1 Å². The van der Waals surface area contributed by atoms with Gasteiger partial charge in [0.1, 0.15) is 0 Å². The number of likely N-dealkylation sites (tertiary alicyclic amines) is 1. The fraction of sp³-hybridized carbons (Fsp3) is 0.727. The van der Waals surface area contributed by atoms with Gasteiger partial charge < -0.3 is 4.98 Å². The first-order chi connectivity index (χ1) is 8.47. The van der Waals surface area contributed by atoms with Crippen LogP contribution in [0.2, 0.25) is 0 Å². The first-order valence-corrected chi connectivity index (χ1v) is 7.73. The lowest BCUT2D eigenvalue weighted by atomic mass is 10.4. The molecule has 102 valence electrons. The highest BCUT2D eigenvalue weighted by molar-refractivity contribution is 7.90. The minimum Gasteiger partial charge on any atom is -0.347 e. The van der Waals surface area contributed by atoms with Crippen molar-refractivity contribution in [3.05, 3.63) is 18.2 Å². The summed E-state index contributed by atoms with van der Waals surface area (Å²) in [5.74, 6) is 0. The van der Waals surface area contributed by atoms with E-state index in [1.807, 2.05) is 13.8 Å². The third-order valence-electron chi connectivity index (χ3n) is 3.02. The first-order valence-electron chi connectivity index (χ1n) is 6.18. The van der Waals surface area contributed by atoms with Crippen molar-refractivity contribution in [2.45, 2.75) is 38.1 Å². The van der Waals surface area contributed by atoms with E-state index in [2.05, 4.69) is 19.6 Å². The molecule has 1 aliphatic rings. The highest BCUT2D eigenvalue weighted by atomic mass is 32.2. The molecule has 0 amide bonds. The Balaban J connectivity index is 1.92. The van der Waals surface area contributed by atoms with Crippen molar-refractivity contribution >= 4 is 10.0 Å². The maximum absolute atomic E-state index is 12.0. The van der Waals surface area contributed by atoms with Gasteiger partial charge in [0.2, 0.25) is 10.0 Å². The molecule has 1 saturated heterocycles. The lowest BCUT2D eigenvalue weighted by Gasteiger charge is -2.17. The predicted molar refractivity (Wildman–Crippen MR) is 69.5 cm³/mol. The fourth-order valence-electron chi connectivity index (χ4n) is 2.23. The van der Waals surface area contributed by atoms with Crippen LogP contribution in [0, 0.1) is 0 Å². The zero-order chi connectivity index (χ0) is 13.2. The van der Waals surface area contributed by atoms with E-state index in [0.29, 0.717) is 13.0 Å². The molecule has 18 heavy (non-hydrogen) atoms. The maximum Gasteiger partial charge on any atom is 0.216 e. The van der Waals surface area contributed by atoms with Crippen LogP contribution in [0.1, 0.15) is 26.0 Å². The molecule has 0 bridgehead atoms. The molecular weight excluding hydrogens is 252 g/mol. The molecule has 1 aromatic rings. The molecule has 0 radical (unpaired) electrons. The number of nitrogens with one attached hydrogen (secondary N) is 2. The molecule has 1 unspecified atom stereocenters. The average Bonchev–Trinajstić information content (AvgIpc) is 2.87. The number of aromatic nitrogens is 2. The molecule has 1 atom stereocenters. The zero-order valence-corrected chi connectivity index (χ0v) is 11.6. The number of imidazole rings is 1. The monoisotopic (exact) mass is 272 g/mol. The van der Waals surface area contributed by atoms with Gasteiger partial charge in [-0.05, 0) is 26.8 Å². The van der Waals surface area contributed by atoms with Crippen molar-refractivity contribution in [1.82, 2.24) is 19.6 Å². The number of sulfonamides is 1. The van der Waals surface area contributed by atoms with E-state index in [9.17, 15) is 8.42 Å². The Labute approximate surface area is 108 Å². The summed E-state index contributed by atoms with van der Waals surface area (Å²) < 4.78 is 26.7. The smallest absolute Gasteiger partial charge is 0.216 e. The largest absolute Gasteiger partial charge is 0.347 e. The summed E-state index contributed by atoms with van der Waals surface area (Å²) in [6, 6.07) is -0.0448. The molecule has 1 aromatic heterocycles. The van der Waals surface area contributed by atoms with Crippen LogP contribution >= 0.6 is 0 Å². The molecule has 2 N–H and O–H groups in total. The van der Waals surface area contributed by atoms with Crippen molar-refractivity contribution in [1.29, 1.82) is 0 Å². The summed E-state index contributed by atoms with van der Waals surface area (Å²) in [4.78, 5) is 9.13. The average molecular weight is 272 g/mol. The van der Waals surface area contributed by atoms with Crippen LogP contribution in [-0.4, -0.2) is 47.7 Å². The van der Waals surface area contributed by atoms with Gasteiger partial charge in [-0.2, -0.15) is 0 Å². The Kier molecular flexibility index (Phi) is 4.04. The summed E-state index contributed by atoms with van der Waals surface area (Å²) in [6.07, 6.45) is 4.10. The number of aromatic amines is 1. The number of rotatable bonds is 5. The Morgan fingerprint density at radius 1 is 1.61 bits per heavy atom. The quantitative estimate of drug-likeness (QED) is 0.809. The van der Waals surface area contributed by atoms with Gasteiger partial charge in [0.25, 0.3) is 0 Å². The third kappa shape index (κ3) is 3.30. The normalized spacial score (nSPS) is 21.8. The van der Waals surface area contributed by atoms with Crippen molar-refractivity contribution < 1.29 is 8.42 Å². The van der Waals surface area contributed by atoms with Crippen LogP contribution in [0.5, 0.6) is 0 Å². The standard InChI is InChI=1S/C11H20N4O2S/c1-9(2)14-18(16,17)11-3-4-15(7-11)6-10-5-12-8-13-10/h5,8-9,11,14H,3-4,6-7H2,1-2H3,(H,12,13). The number of nitrogens with zero attached hydrogens (tertiary/aromatic N) is 2. The Hall–Kier alpha value is -0.920. The van der Waals surface area contributed by atoms with E-state index in [1.54, 1.807) is 12.5 Å². The van der Waals surface area contributed by atoms with Crippen LogP contribution in [0.4, 0.5) is 0 Å². The van der Waals surface area contributed by atoms with Gasteiger partial charge in [-0.3, -0.25) is 4.90 Å². The third-order valence-corrected chi connectivity index (χ3v) is 5.08. The predicted octanol–water partition coefficient (Wildman–Crippen LogP) is 0.312. The molecular formula is C11H20N4O2S. The molecule has 1 fully saturated rings. The van der Waals surface area contributed by atoms with Crippen molar-refractivity contribution in [3.8, 4) is 0 Å². The summed E-state index contributed by atoms with van der Waals surface area (Å²) in [7, 11) is -3.19. The van der Waals surface area contributed by atoms with Gasteiger partial charge in [-0.1, -0.05) is 0 Å². The maximum atomic E-state index is 12.0. The molecule has 0 spiro atoms. The number of hydrogen-bond donors (Lipinski definition) is 2. The Morgan fingerprint density at radius 3 is 3.00 bits per heavy atom. The van der Waals surface area contributed by atoms with Crippen LogP contribution in [0.15, 0.2) is 12.5 Å². The second kappa shape index (κ2) is 5.38. The lowest BCUT2D eigenvalue weighted by Crippen LogP contribution is -2.39. The molecule has 0 aliphatic carbocycles. The summed E-state index contributed by atoms with van der Waals surface area (Å²) in [6.45, 7) is 5.81. The van der Waals surface area contributed by atoms with E-state index in [-0.39, 0.29) is 11.3 Å². The molecule has 2 rings (SSSR count). The molecule has 0 aromatic carbocycles. The highest BCUT2D eigenvalue weighted by Gasteiger charge is 2.33. The molecule has 2 heterocycles. The Morgan fingerprint density at radius 2 is 2.39 bits per heavy atom. The topological polar surface area (TPSA) is 78.1 Å². The fourth-order valence-corrected chi connectivity index (χ4v) is 3.90. The van der Waals surface area contributed by atoms with E-state index in [4.69, 9.17) is 0 Å². The first kappa shape index (κ1) is 13.5. The Bertz CT molecular complexity index is 469. The summed E-state index contributed by atoms with van der Waals surface area (Å²) in [5, 5.41) is -0.303. The second-order valence-electron chi connectivity index (χ2n) is 5.04. The molecule has 6 nitrogen and oxygen atoms in total. The van der Waals surface area contributed by atoms with Gasteiger partial charge in [0.15, 0.2) is 0 Å². The van der Waals surface area contributed by atoms with Crippen LogP contribution in [-0.2, 0) is 16.6 Å². The van der Waals surface area contributed by atoms with Crippen LogP contribution in [0.3, 0.4) is 0 Å². The van der Waals surface area contributed by atoms with Gasteiger partial charge in [0.05, 0.1) is 11.6 Å². The molecule has 7 heteroatoms. The lowest BCUT2D eigenvalue weighted by molar-refractivity contribution is 0.327.